The van der Waals surface area contributed by atoms with Crippen molar-refractivity contribution in [3.63, 3.8) is 0 Å². The van der Waals surface area contributed by atoms with E-state index in [0.29, 0.717) is 13.0 Å². The van der Waals surface area contributed by atoms with Gasteiger partial charge in [0.15, 0.2) is 12.4 Å². The number of carbonyl (C=O) groups is 1. The minimum absolute atomic E-state index is 0.0373. The average Bonchev–Trinajstić information content (AvgIpc) is 2.50. The first-order valence-electron chi connectivity index (χ1n) is 7.22. The second-order valence-electron chi connectivity index (χ2n) is 5.35. The molecule has 1 heterocycles. The molecule has 0 fully saturated rings. The van der Waals surface area contributed by atoms with E-state index in [1.54, 1.807) is 12.1 Å². The van der Waals surface area contributed by atoms with Crippen LogP contribution in [-0.4, -0.2) is 26.5 Å². The highest BCUT2D eigenvalue weighted by Crippen LogP contribution is 2.05. The van der Waals surface area contributed by atoms with E-state index in [0.717, 1.165) is 11.3 Å². The smallest absolute Gasteiger partial charge is 0.285 e. The van der Waals surface area contributed by atoms with E-state index < -0.39 is 0 Å². The molecule has 0 bridgehead atoms. The highest BCUT2D eigenvalue weighted by molar-refractivity contribution is 5.74. The van der Waals surface area contributed by atoms with Crippen molar-refractivity contribution < 1.29 is 13.8 Å². The molecule has 5 heteroatoms. The van der Waals surface area contributed by atoms with E-state index in [2.05, 4.69) is 5.32 Å². The maximum atomic E-state index is 12.8. The lowest BCUT2D eigenvalue weighted by Gasteiger charge is -2.10. The SMILES string of the molecule is CN(C)c1cc[n+](CC(=O)NCCc2ccc(F)cc2)cc1. The molecule has 0 aliphatic carbocycles. The van der Waals surface area contributed by atoms with E-state index >= 15 is 0 Å². The summed E-state index contributed by atoms with van der Waals surface area (Å²) >= 11 is 0. The van der Waals surface area contributed by atoms with Gasteiger partial charge in [-0.2, -0.15) is 4.57 Å². The van der Waals surface area contributed by atoms with Gasteiger partial charge in [0.1, 0.15) is 5.82 Å². The summed E-state index contributed by atoms with van der Waals surface area (Å²) in [6, 6.07) is 10.3. The minimum atomic E-state index is -0.245. The zero-order valence-electron chi connectivity index (χ0n) is 12.9. The fourth-order valence-corrected chi connectivity index (χ4v) is 2.07. The summed E-state index contributed by atoms with van der Waals surface area (Å²) in [6.45, 7) is 0.831. The molecule has 0 radical (unpaired) electrons. The third-order valence-electron chi connectivity index (χ3n) is 3.37. The Labute approximate surface area is 130 Å². The van der Waals surface area contributed by atoms with Crippen LogP contribution in [0.5, 0.6) is 0 Å². The fraction of sp³-hybridized carbons (Fsp3) is 0.294. The highest BCUT2D eigenvalue weighted by atomic mass is 19.1. The van der Waals surface area contributed by atoms with Gasteiger partial charge in [0, 0.05) is 38.5 Å². The average molecular weight is 302 g/mol. The summed E-state index contributed by atoms with van der Waals surface area (Å²) < 4.78 is 14.6. The second-order valence-corrected chi connectivity index (χ2v) is 5.35. The number of nitrogens with one attached hydrogen (secondary N) is 1. The lowest BCUT2D eigenvalue weighted by molar-refractivity contribution is -0.684. The van der Waals surface area contributed by atoms with Gasteiger partial charge in [-0.05, 0) is 24.1 Å². The normalized spacial score (nSPS) is 10.3. The predicted octanol–water partition coefficient (Wildman–Crippen LogP) is 1.54. The number of rotatable bonds is 6. The summed E-state index contributed by atoms with van der Waals surface area (Å²) in [5.41, 5.74) is 2.10. The zero-order chi connectivity index (χ0) is 15.9. The quantitative estimate of drug-likeness (QED) is 0.822. The van der Waals surface area contributed by atoms with Gasteiger partial charge in [0.25, 0.3) is 5.91 Å². The lowest BCUT2D eigenvalue weighted by atomic mass is 10.1. The van der Waals surface area contributed by atoms with Gasteiger partial charge in [-0.15, -0.1) is 0 Å². The molecule has 0 aliphatic heterocycles. The lowest BCUT2D eigenvalue weighted by Crippen LogP contribution is -2.42. The minimum Gasteiger partial charge on any atom is -0.377 e. The van der Waals surface area contributed by atoms with Gasteiger partial charge in [0.05, 0.1) is 0 Å². The predicted molar refractivity (Wildman–Crippen MR) is 84.1 cm³/mol. The molecular weight excluding hydrogens is 281 g/mol. The van der Waals surface area contributed by atoms with Crippen LogP contribution in [-0.2, 0) is 17.8 Å². The van der Waals surface area contributed by atoms with Crippen molar-refractivity contribution in [2.24, 2.45) is 0 Å². The molecule has 0 aliphatic rings. The Kier molecular flexibility index (Phi) is 5.47. The zero-order valence-corrected chi connectivity index (χ0v) is 12.9. The Morgan fingerprint density at radius 2 is 1.77 bits per heavy atom. The van der Waals surface area contributed by atoms with Crippen LogP contribution in [0, 0.1) is 5.82 Å². The molecule has 0 spiro atoms. The maximum absolute atomic E-state index is 12.8. The molecule has 116 valence electrons. The molecular formula is C17H21FN3O+. The summed E-state index contributed by atoms with van der Waals surface area (Å²) in [7, 11) is 3.95. The molecule has 1 aromatic carbocycles. The first-order valence-corrected chi connectivity index (χ1v) is 7.22. The Hall–Kier alpha value is -2.43. The van der Waals surface area contributed by atoms with Crippen LogP contribution in [0.3, 0.4) is 0 Å². The number of hydrogen-bond acceptors (Lipinski definition) is 2. The van der Waals surface area contributed by atoms with Crippen molar-refractivity contribution >= 4 is 11.6 Å². The van der Waals surface area contributed by atoms with Crippen molar-refractivity contribution in [3.8, 4) is 0 Å². The molecule has 1 amide bonds. The number of halogens is 1. The molecule has 4 nitrogen and oxygen atoms in total. The molecule has 0 atom stereocenters. The Balaban J connectivity index is 1.76. The number of amides is 1. The first-order chi connectivity index (χ1) is 10.5. The number of benzene rings is 1. The number of hydrogen-bond donors (Lipinski definition) is 1. The largest absolute Gasteiger partial charge is 0.377 e. The maximum Gasteiger partial charge on any atom is 0.285 e. The first kappa shape index (κ1) is 15.9. The van der Waals surface area contributed by atoms with Crippen molar-refractivity contribution in [1.82, 2.24) is 5.32 Å². The van der Waals surface area contributed by atoms with E-state index in [-0.39, 0.29) is 18.3 Å². The summed E-state index contributed by atoms with van der Waals surface area (Å²) in [5, 5.41) is 2.87. The van der Waals surface area contributed by atoms with Crippen LogP contribution >= 0.6 is 0 Å². The second kappa shape index (κ2) is 7.54. The molecule has 0 saturated heterocycles. The molecule has 0 saturated carbocycles. The third kappa shape index (κ3) is 4.84. The molecule has 22 heavy (non-hydrogen) atoms. The van der Waals surface area contributed by atoms with Crippen molar-refractivity contribution in [3.05, 3.63) is 60.2 Å². The van der Waals surface area contributed by atoms with Crippen LogP contribution in [0.4, 0.5) is 10.1 Å². The highest BCUT2D eigenvalue weighted by Gasteiger charge is 2.09. The van der Waals surface area contributed by atoms with E-state index in [1.807, 2.05) is 48.1 Å². The van der Waals surface area contributed by atoms with Crippen LogP contribution in [0.15, 0.2) is 48.8 Å². The number of carbonyl (C=O) groups excluding carboxylic acids is 1. The number of nitrogens with zero attached hydrogens (tertiary/aromatic N) is 2. The van der Waals surface area contributed by atoms with Gasteiger partial charge in [-0.1, -0.05) is 12.1 Å². The van der Waals surface area contributed by atoms with Gasteiger partial charge in [-0.3, -0.25) is 4.79 Å². The molecule has 0 unspecified atom stereocenters. The summed E-state index contributed by atoms with van der Waals surface area (Å²) in [5.74, 6) is -0.282. The fourth-order valence-electron chi connectivity index (χ4n) is 2.07. The number of pyridine rings is 1. The number of anilines is 1. The van der Waals surface area contributed by atoms with E-state index in [1.165, 1.54) is 12.1 Å². The molecule has 2 rings (SSSR count). The van der Waals surface area contributed by atoms with Crippen LogP contribution in [0.1, 0.15) is 5.56 Å². The summed E-state index contributed by atoms with van der Waals surface area (Å²) in [6.07, 6.45) is 4.46. The topological polar surface area (TPSA) is 36.2 Å². The van der Waals surface area contributed by atoms with Crippen LogP contribution in [0.25, 0.3) is 0 Å². The van der Waals surface area contributed by atoms with Crippen LogP contribution in [0.2, 0.25) is 0 Å². The molecule has 1 aromatic heterocycles. The van der Waals surface area contributed by atoms with Gasteiger partial charge >= 0.3 is 0 Å². The third-order valence-corrected chi connectivity index (χ3v) is 3.37. The summed E-state index contributed by atoms with van der Waals surface area (Å²) in [4.78, 5) is 13.9. The van der Waals surface area contributed by atoms with Gasteiger partial charge < -0.3 is 10.2 Å². The van der Waals surface area contributed by atoms with Crippen molar-refractivity contribution in [1.29, 1.82) is 0 Å². The molecule has 2 aromatic rings. The Morgan fingerprint density at radius 1 is 1.14 bits per heavy atom. The Bertz CT molecular complexity index is 609. The van der Waals surface area contributed by atoms with Crippen molar-refractivity contribution in [2.75, 3.05) is 25.5 Å². The van der Waals surface area contributed by atoms with Crippen LogP contribution < -0.4 is 14.8 Å². The van der Waals surface area contributed by atoms with E-state index in [9.17, 15) is 9.18 Å². The monoisotopic (exact) mass is 302 g/mol. The molecule has 1 N–H and O–H groups in total. The Morgan fingerprint density at radius 3 is 2.36 bits per heavy atom. The standard InChI is InChI=1S/C17H20FN3O/c1-20(2)16-8-11-21(12-9-16)13-17(22)19-10-7-14-3-5-15(18)6-4-14/h3-6,8-9,11-12H,7,10,13H2,1-2H3/p+1. The van der Waals surface area contributed by atoms with Gasteiger partial charge in [0.2, 0.25) is 6.54 Å². The number of aromatic nitrogens is 1. The van der Waals surface area contributed by atoms with Crippen molar-refractivity contribution in [2.45, 2.75) is 13.0 Å². The van der Waals surface area contributed by atoms with Gasteiger partial charge in [-0.25, -0.2) is 4.39 Å². The van der Waals surface area contributed by atoms with E-state index in [4.69, 9.17) is 0 Å².